The Bertz CT molecular complexity index is 640. The van der Waals surface area contributed by atoms with E-state index in [0.717, 1.165) is 7.11 Å². The van der Waals surface area contributed by atoms with Gasteiger partial charge in [-0.25, -0.2) is 9.59 Å². The number of nitrogens with two attached hydrogens (primary N) is 1. The van der Waals surface area contributed by atoms with Crippen molar-refractivity contribution in [3.8, 4) is 0 Å². The lowest BCUT2D eigenvalue weighted by molar-refractivity contribution is -0.143. The molecule has 0 aromatic heterocycles. The minimum absolute atomic E-state index is 0.188. The van der Waals surface area contributed by atoms with Crippen LogP contribution in [0, 0.1) is 0 Å². The Hall–Kier alpha value is -2.28. The fraction of sp³-hybridized carbons (Fsp3) is 0.438. The first-order valence-electron chi connectivity index (χ1n) is 7.19. The quantitative estimate of drug-likeness (QED) is 0.477. The van der Waals surface area contributed by atoms with Gasteiger partial charge in [0.15, 0.2) is 5.78 Å². The molecular weight excluding hydrogens is 336 g/mol. The number of amides is 1. The number of benzene rings is 1. The zero-order valence-electron chi connectivity index (χ0n) is 14.0. The van der Waals surface area contributed by atoms with Crippen LogP contribution >= 0.6 is 11.6 Å². The van der Waals surface area contributed by atoms with Crippen LogP contribution in [0.4, 0.5) is 10.5 Å². The number of Topliss-reactive ketones (excluding diaryl/α,β-unsaturated/α-hetero) is 1. The number of alkyl carbamates (subject to hydrolysis) is 1. The summed E-state index contributed by atoms with van der Waals surface area (Å²) in [5.41, 5.74) is 5.41. The minimum Gasteiger partial charge on any atom is -0.467 e. The molecule has 0 bridgehead atoms. The number of nitrogen functional groups attached to an aromatic ring is 1. The van der Waals surface area contributed by atoms with Gasteiger partial charge in [-0.1, -0.05) is 11.6 Å². The van der Waals surface area contributed by atoms with Crippen LogP contribution in [0.15, 0.2) is 18.2 Å². The molecule has 1 amide bonds. The third kappa shape index (κ3) is 6.08. The topological polar surface area (TPSA) is 108 Å². The Morgan fingerprint density at radius 2 is 1.92 bits per heavy atom. The zero-order chi connectivity index (χ0) is 18.5. The lowest BCUT2D eigenvalue weighted by Crippen LogP contribution is -2.45. The van der Waals surface area contributed by atoms with Gasteiger partial charge in [-0.05, 0) is 39.0 Å². The first kappa shape index (κ1) is 19.8. The van der Waals surface area contributed by atoms with Gasteiger partial charge in [0.1, 0.15) is 11.6 Å². The predicted molar refractivity (Wildman–Crippen MR) is 90.0 cm³/mol. The average molecular weight is 357 g/mol. The zero-order valence-corrected chi connectivity index (χ0v) is 14.8. The lowest BCUT2D eigenvalue weighted by Gasteiger charge is -2.22. The van der Waals surface area contributed by atoms with Crippen molar-refractivity contribution in [2.24, 2.45) is 0 Å². The molecule has 1 aromatic rings. The molecule has 132 valence electrons. The molecule has 0 spiro atoms. The summed E-state index contributed by atoms with van der Waals surface area (Å²) in [6.07, 6.45) is -1.15. The molecule has 24 heavy (non-hydrogen) atoms. The summed E-state index contributed by atoms with van der Waals surface area (Å²) in [5.74, 6) is -1.20. The molecule has 0 aliphatic carbocycles. The van der Waals surface area contributed by atoms with Gasteiger partial charge >= 0.3 is 12.1 Å². The summed E-state index contributed by atoms with van der Waals surface area (Å²) >= 11 is 5.79. The second kappa shape index (κ2) is 8.01. The van der Waals surface area contributed by atoms with E-state index >= 15 is 0 Å². The Kier molecular flexibility index (Phi) is 6.60. The monoisotopic (exact) mass is 356 g/mol. The summed E-state index contributed by atoms with van der Waals surface area (Å²) in [4.78, 5) is 36.0. The first-order chi connectivity index (χ1) is 11.0. The maximum absolute atomic E-state index is 12.4. The van der Waals surface area contributed by atoms with Crippen LogP contribution in [0.5, 0.6) is 0 Å². The summed E-state index contributed by atoms with van der Waals surface area (Å²) in [5, 5.41) is 2.72. The highest BCUT2D eigenvalue weighted by Gasteiger charge is 2.28. The fourth-order valence-electron chi connectivity index (χ4n) is 1.87. The second-order valence-electron chi connectivity index (χ2n) is 6.08. The van der Waals surface area contributed by atoms with Crippen molar-refractivity contribution in [1.82, 2.24) is 5.32 Å². The number of hydrogen-bond donors (Lipinski definition) is 2. The van der Waals surface area contributed by atoms with Crippen LogP contribution in [0.2, 0.25) is 5.02 Å². The summed E-state index contributed by atoms with van der Waals surface area (Å²) < 4.78 is 9.69. The van der Waals surface area contributed by atoms with Gasteiger partial charge in [-0.2, -0.15) is 0 Å². The third-order valence-corrected chi connectivity index (χ3v) is 3.12. The number of methoxy groups -OCH3 is 1. The van der Waals surface area contributed by atoms with E-state index in [1.807, 2.05) is 0 Å². The Morgan fingerprint density at radius 1 is 1.29 bits per heavy atom. The van der Waals surface area contributed by atoms with Crippen molar-refractivity contribution in [2.45, 2.75) is 38.8 Å². The molecule has 1 atom stereocenters. The van der Waals surface area contributed by atoms with Crippen LogP contribution < -0.4 is 11.1 Å². The highest BCUT2D eigenvalue weighted by Crippen LogP contribution is 2.20. The molecule has 1 aromatic carbocycles. The molecule has 7 nitrogen and oxygen atoms in total. The first-order valence-corrected chi connectivity index (χ1v) is 7.57. The molecule has 0 heterocycles. The van der Waals surface area contributed by atoms with Crippen LogP contribution in [0.3, 0.4) is 0 Å². The van der Waals surface area contributed by atoms with Crippen molar-refractivity contribution in [1.29, 1.82) is 0 Å². The molecule has 1 unspecified atom stereocenters. The predicted octanol–water partition coefficient (Wildman–Crippen LogP) is 2.56. The Morgan fingerprint density at radius 3 is 2.42 bits per heavy atom. The minimum atomic E-state index is -1.19. The van der Waals surface area contributed by atoms with Crippen molar-refractivity contribution < 1.29 is 23.9 Å². The van der Waals surface area contributed by atoms with E-state index in [1.165, 1.54) is 18.2 Å². The fourth-order valence-corrected chi connectivity index (χ4v) is 2.05. The van der Waals surface area contributed by atoms with Gasteiger partial charge < -0.3 is 20.5 Å². The van der Waals surface area contributed by atoms with Crippen molar-refractivity contribution in [2.75, 3.05) is 12.8 Å². The van der Waals surface area contributed by atoms with Gasteiger partial charge in [0, 0.05) is 22.7 Å². The lowest BCUT2D eigenvalue weighted by atomic mass is 10.0. The van der Waals surface area contributed by atoms with E-state index in [1.54, 1.807) is 20.8 Å². The number of hydrogen-bond acceptors (Lipinski definition) is 6. The molecule has 0 fully saturated rings. The highest BCUT2D eigenvalue weighted by atomic mass is 35.5. The van der Waals surface area contributed by atoms with Gasteiger partial charge in [-0.3, -0.25) is 4.79 Å². The molecule has 3 N–H and O–H groups in total. The molecule has 0 aliphatic heterocycles. The number of nitrogens with one attached hydrogen (secondary N) is 1. The standard InChI is InChI=1S/C16H21ClN2O5/c1-16(2,3)24-15(22)19-12(14(21)23-4)8-13(20)10-6-5-9(17)7-11(10)18/h5-7,12H,8,18H2,1-4H3,(H,19,22). The van der Waals surface area contributed by atoms with Gasteiger partial charge in [-0.15, -0.1) is 0 Å². The largest absolute Gasteiger partial charge is 0.467 e. The number of halogens is 1. The summed E-state index contributed by atoms with van der Waals surface area (Å²) in [6.45, 7) is 5.04. The molecule has 0 aliphatic rings. The SMILES string of the molecule is COC(=O)C(CC(=O)c1ccc(Cl)cc1N)NC(=O)OC(C)(C)C. The maximum atomic E-state index is 12.4. The molecule has 0 saturated carbocycles. The number of ketones is 1. The number of carbonyl (C=O) groups excluding carboxylic acids is 3. The number of esters is 1. The van der Waals surface area contributed by atoms with E-state index in [4.69, 9.17) is 22.1 Å². The Labute approximate surface area is 145 Å². The molecule has 1 rings (SSSR count). The highest BCUT2D eigenvalue weighted by molar-refractivity contribution is 6.31. The molecule has 8 heteroatoms. The maximum Gasteiger partial charge on any atom is 0.408 e. The van der Waals surface area contributed by atoms with Gasteiger partial charge in [0.25, 0.3) is 0 Å². The van der Waals surface area contributed by atoms with Crippen LogP contribution in [0.1, 0.15) is 37.6 Å². The number of ether oxygens (including phenoxy) is 2. The normalized spacial score (nSPS) is 12.2. The summed E-state index contributed by atoms with van der Waals surface area (Å²) in [6, 6.07) is 3.22. The van der Waals surface area contributed by atoms with E-state index in [-0.39, 0.29) is 17.7 Å². The van der Waals surface area contributed by atoms with Crippen molar-refractivity contribution in [3.63, 3.8) is 0 Å². The third-order valence-electron chi connectivity index (χ3n) is 2.88. The molecule has 0 saturated heterocycles. The van der Waals surface area contributed by atoms with E-state index in [9.17, 15) is 14.4 Å². The molecule has 0 radical (unpaired) electrons. The van der Waals surface area contributed by atoms with Crippen LogP contribution in [0.25, 0.3) is 0 Å². The van der Waals surface area contributed by atoms with E-state index in [2.05, 4.69) is 10.1 Å². The van der Waals surface area contributed by atoms with Crippen molar-refractivity contribution in [3.05, 3.63) is 28.8 Å². The van der Waals surface area contributed by atoms with E-state index in [0.29, 0.717) is 5.02 Å². The Balaban J connectivity index is 2.88. The van der Waals surface area contributed by atoms with Crippen LogP contribution in [-0.4, -0.2) is 36.6 Å². The summed E-state index contributed by atoms with van der Waals surface area (Å²) in [7, 11) is 1.16. The number of anilines is 1. The number of rotatable bonds is 5. The van der Waals surface area contributed by atoms with Gasteiger partial charge in [0.2, 0.25) is 0 Å². The number of carbonyl (C=O) groups is 3. The van der Waals surface area contributed by atoms with Crippen LogP contribution in [-0.2, 0) is 14.3 Å². The molecular formula is C16H21ClN2O5. The van der Waals surface area contributed by atoms with Crippen molar-refractivity contribution >= 4 is 35.1 Å². The average Bonchev–Trinajstić information content (AvgIpc) is 2.43. The smallest absolute Gasteiger partial charge is 0.408 e. The van der Waals surface area contributed by atoms with Gasteiger partial charge in [0.05, 0.1) is 7.11 Å². The van der Waals surface area contributed by atoms with E-state index < -0.39 is 29.5 Å². The second-order valence-corrected chi connectivity index (χ2v) is 6.52.